The maximum Gasteiger partial charge on any atom is 0.124 e. The van der Waals surface area contributed by atoms with Crippen LogP contribution in [0.1, 0.15) is 47.2 Å². The second kappa shape index (κ2) is 18.0. The van der Waals surface area contributed by atoms with Crippen LogP contribution in [0, 0.1) is 33.1 Å². The first kappa shape index (κ1) is 43.9. The molecular weight excluding hydrogens is 861 g/mol. The molecule has 332 valence electrons. The number of anilines is 6. The number of phenolic OH excluding ortho intramolecular Hbond substituents is 2. The third-order valence-corrected chi connectivity index (χ3v) is 14.8. The number of aryl methyl sites for hydroxylation is 4. The first-order valence-corrected chi connectivity index (χ1v) is 24.3. The Morgan fingerprint density at radius 1 is 0.448 bits per heavy atom. The normalized spacial score (nSPS) is 13.2. The number of hydrogen-bond acceptors (Lipinski definition) is 8. The zero-order valence-electron chi connectivity index (χ0n) is 38.6. The fourth-order valence-corrected chi connectivity index (χ4v) is 11.6. The standard InChI is InChI=1S/C59H52N4O2S2/c1-37-27-45(62-47-15-7-11-19-53(47)66-54-20-12-8-16-48(54)62)28-38(2)57(37)41-23-25-43(51(64)31-41)33-60-35-59(5,6)36-61-34-44-26-24-42(32-52(44)65)58-39(3)29-46(30-40(58)4)63-49-17-9-13-21-55(49)67-56-22-14-10-18-50(56)63/h7-34,64-65H,35-36H2,1-6H3. The molecule has 0 aliphatic carbocycles. The van der Waals surface area contributed by atoms with Crippen molar-refractivity contribution in [3.63, 3.8) is 0 Å². The van der Waals surface area contributed by atoms with E-state index in [1.165, 1.54) is 42.3 Å². The van der Waals surface area contributed by atoms with Gasteiger partial charge in [-0.15, -0.1) is 0 Å². The lowest BCUT2D eigenvalue weighted by Crippen LogP contribution is -2.19. The highest BCUT2D eigenvalue weighted by Crippen LogP contribution is 2.53. The van der Waals surface area contributed by atoms with Crippen LogP contribution in [0.15, 0.2) is 187 Å². The number of nitrogens with zero attached hydrogens (tertiary/aromatic N) is 4. The Morgan fingerprint density at radius 2 is 0.761 bits per heavy atom. The Bertz CT molecular complexity index is 2930. The van der Waals surface area contributed by atoms with Gasteiger partial charge in [0.25, 0.3) is 0 Å². The Labute approximate surface area is 402 Å². The van der Waals surface area contributed by atoms with E-state index in [1.54, 1.807) is 12.4 Å². The summed E-state index contributed by atoms with van der Waals surface area (Å²) in [7, 11) is 0. The number of benzene rings is 8. The van der Waals surface area contributed by atoms with Crippen LogP contribution in [0.5, 0.6) is 11.5 Å². The third-order valence-electron chi connectivity index (χ3n) is 12.6. The van der Waals surface area contributed by atoms with E-state index in [0.717, 1.165) is 55.9 Å². The highest BCUT2D eigenvalue weighted by Gasteiger charge is 2.27. The van der Waals surface area contributed by atoms with Crippen LogP contribution in [-0.2, 0) is 0 Å². The maximum atomic E-state index is 11.2. The average Bonchev–Trinajstić information content (AvgIpc) is 3.30. The summed E-state index contributed by atoms with van der Waals surface area (Å²) in [6, 6.07) is 54.9. The minimum atomic E-state index is -0.258. The van der Waals surface area contributed by atoms with Gasteiger partial charge in [0, 0.05) is 73.0 Å². The summed E-state index contributed by atoms with van der Waals surface area (Å²) in [5.74, 6) is 0.377. The van der Waals surface area contributed by atoms with E-state index >= 15 is 0 Å². The molecular formula is C59H52N4O2S2. The maximum absolute atomic E-state index is 11.2. The van der Waals surface area contributed by atoms with Gasteiger partial charge in [0.15, 0.2) is 0 Å². The molecule has 0 saturated heterocycles. The third kappa shape index (κ3) is 8.63. The van der Waals surface area contributed by atoms with E-state index in [0.29, 0.717) is 24.2 Å². The SMILES string of the molecule is Cc1cc(N2c3ccccc3Sc3ccccc32)cc(C)c1-c1ccc(C=NCC(C)(C)CN=Cc2ccc(-c3c(C)cc(N4c5ccccc5Sc5ccccc54)cc3C)cc2O)c(O)c1. The van der Waals surface area contributed by atoms with Gasteiger partial charge in [0.1, 0.15) is 11.5 Å². The van der Waals surface area contributed by atoms with E-state index < -0.39 is 0 Å². The van der Waals surface area contributed by atoms with Gasteiger partial charge in [-0.05, 0) is 169 Å². The Morgan fingerprint density at radius 3 is 1.07 bits per heavy atom. The van der Waals surface area contributed by atoms with Crippen LogP contribution < -0.4 is 9.80 Å². The number of para-hydroxylation sites is 4. The summed E-state index contributed by atoms with van der Waals surface area (Å²) < 4.78 is 0. The van der Waals surface area contributed by atoms with Crippen molar-refractivity contribution < 1.29 is 10.2 Å². The molecule has 0 unspecified atom stereocenters. The van der Waals surface area contributed by atoms with Crippen molar-refractivity contribution >= 4 is 70.1 Å². The van der Waals surface area contributed by atoms with Gasteiger partial charge in [-0.3, -0.25) is 9.98 Å². The minimum Gasteiger partial charge on any atom is -0.507 e. The van der Waals surface area contributed by atoms with Crippen LogP contribution in [0.2, 0.25) is 0 Å². The predicted molar refractivity (Wildman–Crippen MR) is 282 cm³/mol. The van der Waals surface area contributed by atoms with E-state index in [4.69, 9.17) is 9.98 Å². The molecule has 8 aromatic carbocycles. The van der Waals surface area contributed by atoms with Gasteiger partial charge < -0.3 is 20.0 Å². The Hall–Kier alpha value is -7.00. The Balaban J connectivity index is 0.799. The van der Waals surface area contributed by atoms with Gasteiger partial charge in [-0.1, -0.05) is 98.0 Å². The topological polar surface area (TPSA) is 71.7 Å². The van der Waals surface area contributed by atoms with Crippen molar-refractivity contribution in [1.82, 2.24) is 0 Å². The molecule has 2 heterocycles. The molecule has 0 bridgehead atoms. The van der Waals surface area contributed by atoms with Gasteiger partial charge in [0.05, 0.1) is 22.7 Å². The molecule has 6 nitrogen and oxygen atoms in total. The van der Waals surface area contributed by atoms with Crippen LogP contribution >= 0.6 is 23.5 Å². The summed E-state index contributed by atoms with van der Waals surface area (Å²) in [5.41, 5.74) is 16.7. The molecule has 0 aromatic heterocycles. The van der Waals surface area contributed by atoms with Crippen molar-refractivity contribution in [3.05, 3.63) is 191 Å². The number of aliphatic imine (C=N–C) groups is 2. The van der Waals surface area contributed by atoms with Crippen molar-refractivity contribution in [2.24, 2.45) is 15.4 Å². The molecule has 0 fully saturated rings. The molecule has 67 heavy (non-hydrogen) atoms. The first-order valence-electron chi connectivity index (χ1n) is 22.6. The molecule has 0 amide bonds. The number of fused-ring (bicyclic) bond motifs is 4. The van der Waals surface area contributed by atoms with Crippen molar-refractivity contribution in [2.75, 3.05) is 22.9 Å². The van der Waals surface area contributed by atoms with Gasteiger partial charge in [0.2, 0.25) is 0 Å². The Kier molecular flexibility index (Phi) is 11.8. The van der Waals surface area contributed by atoms with Crippen molar-refractivity contribution in [2.45, 2.75) is 61.1 Å². The molecule has 2 aliphatic heterocycles. The molecule has 0 saturated carbocycles. The van der Waals surface area contributed by atoms with E-state index in [2.05, 4.69) is 185 Å². The zero-order valence-corrected chi connectivity index (χ0v) is 40.2. The second-order valence-electron chi connectivity index (χ2n) is 18.3. The highest BCUT2D eigenvalue weighted by atomic mass is 32.2. The predicted octanol–water partition coefficient (Wildman–Crippen LogP) is 16.1. The van der Waals surface area contributed by atoms with Crippen LogP contribution in [0.3, 0.4) is 0 Å². The smallest absolute Gasteiger partial charge is 0.124 e. The fourth-order valence-electron chi connectivity index (χ4n) is 9.46. The lowest BCUT2D eigenvalue weighted by atomic mass is 9.93. The summed E-state index contributed by atoms with van der Waals surface area (Å²) in [5, 5.41) is 22.5. The molecule has 8 heteroatoms. The zero-order chi connectivity index (χ0) is 46.4. The van der Waals surface area contributed by atoms with Crippen LogP contribution in [-0.4, -0.2) is 35.7 Å². The molecule has 2 aliphatic rings. The van der Waals surface area contributed by atoms with E-state index in [-0.39, 0.29) is 16.9 Å². The number of rotatable bonds is 10. The van der Waals surface area contributed by atoms with E-state index in [9.17, 15) is 10.2 Å². The van der Waals surface area contributed by atoms with Gasteiger partial charge in [-0.25, -0.2) is 0 Å². The monoisotopic (exact) mass is 912 g/mol. The number of hydrogen-bond donors (Lipinski definition) is 2. The summed E-state index contributed by atoms with van der Waals surface area (Å²) in [6.45, 7) is 13.8. The lowest BCUT2D eigenvalue weighted by Gasteiger charge is -2.33. The summed E-state index contributed by atoms with van der Waals surface area (Å²) in [4.78, 5) is 19.1. The van der Waals surface area contributed by atoms with Gasteiger partial charge >= 0.3 is 0 Å². The van der Waals surface area contributed by atoms with Crippen molar-refractivity contribution in [3.8, 4) is 33.8 Å². The highest BCUT2D eigenvalue weighted by molar-refractivity contribution is 8.00. The summed E-state index contributed by atoms with van der Waals surface area (Å²) in [6.07, 6.45) is 3.50. The molecule has 0 atom stereocenters. The number of phenols is 2. The van der Waals surface area contributed by atoms with Crippen LogP contribution in [0.4, 0.5) is 34.1 Å². The fraction of sp³-hybridized carbons (Fsp3) is 0.153. The quantitative estimate of drug-likeness (QED) is 0.133. The minimum absolute atomic E-state index is 0.189. The molecule has 8 aromatic rings. The second-order valence-corrected chi connectivity index (χ2v) is 20.5. The number of aromatic hydroxyl groups is 2. The molecule has 0 spiro atoms. The largest absolute Gasteiger partial charge is 0.507 e. The molecule has 10 rings (SSSR count). The first-order chi connectivity index (χ1) is 32.4. The van der Waals surface area contributed by atoms with Crippen LogP contribution in [0.25, 0.3) is 22.3 Å². The lowest BCUT2D eigenvalue weighted by molar-refractivity contribution is 0.396. The van der Waals surface area contributed by atoms with Crippen molar-refractivity contribution in [1.29, 1.82) is 0 Å². The summed E-state index contributed by atoms with van der Waals surface area (Å²) >= 11 is 3.61. The van der Waals surface area contributed by atoms with Gasteiger partial charge in [-0.2, -0.15) is 0 Å². The molecule has 0 radical (unpaired) electrons. The molecule has 2 N–H and O–H groups in total. The van der Waals surface area contributed by atoms with E-state index in [1.807, 2.05) is 47.8 Å². The average molecular weight is 913 g/mol.